The molecule has 0 heterocycles. The van der Waals surface area contributed by atoms with Crippen LogP contribution >= 0.6 is 0 Å². The van der Waals surface area contributed by atoms with Crippen LogP contribution in [0.3, 0.4) is 0 Å². The lowest BCUT2D eigenvalue weighted by molar-refractivity contribution is 0.425. The molecule has 0 aromatic heterocycles. The van der Waals surface area contributed by atoms with Gasteiger partial charge in [-0.25, -0.2) is 0 Å². The van der Waals surface area contributed by atoms with Crippen molar-refractivity contribution in [2.45, 2.75) is 25.8 Å². The fraction of sp³-hybridized carbons (Fsp3) is 1.00. The molecule has 0 radical (unpaired) electrons. The maximum absolute atomic E-state index is 11.6. The van der Waals surface area contributed by atoms with Crippen molar-refractivity contribution in [2.24, 2.45) is 5.73 Å². The standard InChI is InChI=1S/C7H17N3O2S/c1-2-10(6-5-8)13(11,12)9-7-3-4-7/h7,9H,2-6,8H2,1H3. The van der Waals surface area contributed by atoms with Crippen LogP contribution in [0.5, 0.6) is 0 Å². The Kier molecular flexibility index (Phi) is 3.66. The van der Waals surface area contributed by atoms with Crippen LogP contribution in [-0.2, 0) is 10.2 Å². The monoisotopic (exact) mass is 207 g/mol. The van der Waals surface area contributed by atoms with Crippen LogP contribution in [0.15, 0.2) is 0 Å². The summed E-state index contributed by atoms with van der Waals surface area (Å²) in [7, 11) is -3.27. The van der Waals surface area contributed by atoms with Crippen LogP contribution in [-0.4, -0.2) is 38.4 Å². The number of nitrogens with zero attached hydrogens (tertiary/aromatic N) is 1. The highest BCUT2D eigenvalue weighted by Crippen LogP contribution is 2.20. The Morgan fingerprint density at radius 1 is 1.54 bits per heavy atom. The molecule has 5 nitrogen and oxygen atoms in total. The van der Waals surface area contributed by atoms with Gasteiger partial charge in [-0.1, -0.05) is 6.92 Å². The Bertz CT molecular complexity index is 248. The quantitative estimate of drug-likeness (QED) is 0.602. The van der Waals surface area contributed by atoms with E-state index in [1.807, 2.05) is 6.92 Å². The molecule has 0 spiro atoms. The fourth-order valence-corrected chi connectivity index (χ4v) is 2.57. The summed E-state index contributed by atoms with van der Waals surface area (Å²) in [4.78, 5) is 0. The van der Waals surface area contributed by atoms with Crippen molar-refractivity contribution in [3.05, 3.63) is 0 Å². The number of nitrogens with one attached hydrogen (secondary N) is 1. The van der Waals surface area contributed by atoms with Crippen LogP contribution in [0.1, 0.15) is 19.8 Å². The van der Waals surface area contributed by atoms with Crippen molar-refractivity contribution < 1.29 is 8.42 Å². The molecule has 0 aromatic rings. The molecule has 3 N–H and O–H groups in total. The number of hydrogen-bond acceptors (Lipinski definition) is 3. The third-order valence-corrected chi connectivity index (χ3v) is 3.72. The van der Waals surface area contributed by atoms with E-state index in [-0.39, 0.29) is 6.04 Å². The Balaban J connectivity index is 2.52. The first-order valence-electron chi connectivity index (χ1n) is 4.57. The van der Waals surface area contributed by atoms with Crippen LogP contribution < -0.4 is 10.5 Å². The molecule has 1 saturated carbocycles. The van der Waals surface area contributed by atoms with Gasteiger partial charge in [-0.3, -0.25) is 0 Å². The van der Waals surface area contributed by atoms with Gasteiger partial charge in [0.25, 0.3) is 10.2 Å². The lowest BCUT2D eigenvalue weighted by Crippen LogP contribution is -2.43. The summed E-state index contributed by atoms with van der Waals surface area (Å²) in [6.45, 7) is 3.03. The van der Waals surface area contributed by atoms with Gasteiger partial charge in [0.15, 0.2) is 0 Å². The van der Waals surface area contributed by atoms with E-state index in [9.17, 15) is 8.42 Å². The molecule has 1 fully saturated rings. The summed E-state index contributed by atoms with van der Waals surface area (Å²) < 4.78 is 27.1. The topological polar surface area (TPSA) is 75.4 Å². The number of hydrogen-bond donors (Lipinski definition) is 2. The molecular formula is C7H17N3O2S. The van der Waals surface area contributed by atoms with E-state index in [1.54, 1.807) is 0 Å². The average Bonchev–Trinajstić information content (AvgIpc) is 2.82. The van der Waals surface area contributed by atoms with Gasteiger partial charge in [0.2, 0.25) is 0 Å². The predicted octanol–water partition coefficient (Wildman–Crippen LogP) is -0.736. The number of rotatable bonds is 6. The lowest BCUT2D eigenvalue weighted by Gasteiger charge is -2.19. The van der Waals surface area contributed by atoms with Crippen LogP contribution in [0.2, 0.25) is 0 Å². The van der Waals surface area contributed by atoms with Crippen LogP contribution in [0.25, 0.3) is 0 Å². The van der Waals surface area contributed by atoms with Crippen molar-refractivity contribution >= 4 is 10.2 Å². The molecule has 1 aliphatic carbocycles. The van der Waals surface area contributed by atoms with Crippen molar-refractivity contribution in [1.29, 1.82) is 0 Å². The van der Waals surface area contributed by atoms with Crippen molar-refractivity contribution in [3.8, 4) is 0 Å². The number of nitrogens with two attached hydrogens (primary N) is 1. The minimum absolute atomic E-state index is 0.164. The lowest BCUT2D eigenvalue weighted by atomic mass is 10.6. The zero-order valence-electron chi connectivity index (χ0n) is 7.86. The Morgan fingerprint density at radius 2 is 2.15 bits per heavy atom. The molecule has 0 atom stereocenters. The first-order valence-corrected chi connectivity index (χ1v) is 6.01. The van der Waals surface area contributed by atoms with E-state index in [0.29, 0.717) is 19.6 Å². The molecule has 0 bridgehead atoms. The summed E-state index contributed by atoms with van der Waals surface area (Å²) in [6, 6.07) is 0.164. The summed E-state index contributed by atoms with van der Waals surface area (Å²) >= 11 is 0. The van der Waals surface area contributed by atoms with Crippen molar-refractivity contribution in [3.63, 3.8) is 0 Å². The van der Waals surface area contributed by atoms with Gasteiger partial charge in [-0.2, -0.15) is 17.4 Å². The highest BCUT2D eigenvalue weighted by Gasteiger charge is 2.29. The summed E-state index contributed by atoms with van der Waals surface area (Å²) in [5.41, 5.74) is 5.31. The van der Waals surface area contributed by atoms with Gasteiger partial charge in [0.1, 0.15) is 0 Å². The maximum atomic E-state index is 11.6. The summed E-state index contributed by atoms with van der Waals surface area (Å²) in [6.07, 6.45) is 1.92. The van der Waals surface area contributed by atoms with E-state index in [1.165, 1.54) is 4.31 Å². The molecule has 6 heteroatoms. The molecule has 1 rings (SSSR count). The molecule has 78 valence electrons. The molecular weight excluding hydrogens is 190 g/mol. The first kappa shape index (κ1) is 10.9. The third kappa shape index (κ3) is 3.22. The zero-order chi connectivity index (χ0) is 9.90. The minimum Gasteiger partial charge on any atom is -0.329 e. The fourth-order valence-electron chi connectivity index (χ4n) is 1.08. The Hall–Kier alpha value is -0.170. The molecule has 0 unspecified atom stereocenters. The normalized spacial score (nSPS) is 18.1. The van der Waals surface area contributed by atoms with Gasteiger partial charge in [-0.05, 0) is 12.8 Å². The number of likely N-dealkylation sites (N-methyl/N-ethyl adjacent to an activating group) is 1. The van der Waals surface area contributed by atoms with E-state index in [4.69, 9.17) is 5.73 Å². The molecule has 0 aliphatic heterocycles. The average molecular weight is 207 g/mol. The first-order chi connectivity index (χ1) is 6.10. The predicted molar refractivity (Wildman–Crippen MR) is 51.4 cm³/mol. The highest BCUT2D eigenvalue weighted by molar-refractivity contribution is 7.87. The second-order valence-electron chi connectivity index (χ2n) is 3.18. The SMILES string of the molecule is CCN(CCN)S(=O)(=O)NC1CC1. The summed E-state index contributed by atoms with van der Waals surface area (Å²) in [5.74, 6) is 0. The zero-order valence-corrected chi connectivity index (χ0v) is 8.68. The highest BCUT2D eigenvalue weighted by atomic mass is 32.2. The molecule has 0 amide bonds. The van der Waals surface area contributed by atoms with Crippen molar-refractivity contribution in [2.75, 3.05) is 19.6 Å². The van der Waals surface area contributed by atoms with Gasteiger partial charge in [0.05, 0.1) is 0 Å². The molecule has 13 heavy (non-hydrogen) atoms. The van der Waals surface area contributed by atoms with Gasteiger partial charge < -0.3 is 5.73 Å². The van der Waals surface area contributed by atoms with Crippen LogP contribution in [0.4, 0.5) is 0 Å². The van der Waals surface area contributed by atoms with Gasteiger partial charge >= 0.3 is 0 Å². The largest absolute Gasteiger partial charge is 0.329 e. The molecule has 1 aliphatic rings. The maximum Gasteiger partial charge on any atom is 0.279 e. The van der Waals surface area contributed by atoms with Crippen molar-refractivity contribution in [1.82, 2.24) is 9.03 Å². The molecule has 0 aromatic carbocycles. The van der Waals surface area contributed by atoms with Gasteiger partial charge in [0, 0.05) is 25.7 Å². The minimum atomic E-state index is -3.27. The smallest absolute Gasteiger partial charge is 0.279 e. The third-order valence-electron chi connectivity index (χ3n) is 1.96. The van der Waals surface area contributed by atoms with E-state index in [2.05, 4.69) is 4.72 Å². The summed E-state index contributed by atoms with van der Waals surface area (Å²) in [5, 5.41) is 0. The van der Waals surface area contributed by atoms with E-state index in [0.717, 1.165) is 12.8 Å². The Labute approximate surface area is 79.5 Å². The Morgan fingerprint density at radius 3 is 2.54 bits per heavy atom. The van der Waals surface area contributed by atoms with E-state index < -0.39 is 10.2 Å². The molecule has 0 saturated heterocycles. The van der Waals surface area contributed by atoms with Crippen LogP contribution in [0, 0.1) is 0 Å². The van der Waals surface area contributed by atoms with E-state index >= 15 is 0 Å². The second kappa shape index (κ2) is 4.36. The second-order valence-corrected chi connectivity index (χ2v) is 4.88. The van der Waals surface area contributed by atoms with Gasteiger partial charge in [-0.15, -0.1) is 0 Å².